The van der Waals surface area contributed by atoms with E-state index in [1.165, 1.54) is 0 Å². The number of nitrogen functional groups attached to an aromatic ring is 1. The van der Waals surface area contributed by atoms with E-state index in [0.717, 1.165) is 6.54 Å². The lowest BCUT2D eigenvalue weighted by atomic mass is 10.3. The van der Waals surface area contributed by atoms with E-state index in [4.69, 9.17) is 12.2 Å². The smallest absolute Gasteiger partial charge is 0.268 e. The van der Waals surface area contributed by atoms with Crippen molar-refractivity contribution >= 4 is 11.6 Å². The molecule has 0 fully saturated rings. The average Bonchev–Trinajstić information content (AvgIpc) is 2.60. The molecule has 1 aromatic rings. The Morgan fingerprint density at radius 2 is 2.47 bits per heavy atom. The van der Waals surface area contributed by atoms with Crippen LogP contribution in [0.3, 0.4) is 0 Å². The molecular formula is C11H15N3O. The monoisotopic (exact) mass is 205 g/mol. The minimum absolute atomic E-state index is 0.135. The number of terminal acetylenes is 1. The van der Waals surface area contributed by atoms with Crippen molar-refractivity contribution in [2.75, 3.05) is 12.3 Å². The van der Waals surface area contributed by atoms with Crippen LogP contribution in [0, 0.1) is 12.3 Å². The summed E-state index contributed by atoms with van der Waals surface area (Å²) in [6, 6.07) is 1.66. The van der Waals surface area contributed by atoms with Gasteiger partial charge in [0.2, 0.25) is 0 Å². The fraction of sp³-hybridized carbons (Fsp3) is 0.364. The Morgan fingerprint density at radius 1 is 1.73 bits per heavy atom. The predicted molar refractivity (Wildman–Crippen MR) is 60.3 cm³/mol. The highest BCUT2D eigenvalue weighted by Crippen LogP contribution is 2.10. The molecule has 0 radical (unpaired) electrons. The SMILES string of the molecule is C#CCCNC(=O)c1cc(N)cn1CC. The van der Waals surface area contributed by atoms with E-state index in [9.17, 15) is 4.79 Å². The third-order valence-corrected chi connectivity index (χ3v) is 2.05. The minimum atomic E-state index is -0.135. The Kier molecular flexibility index (Phi) is 3.81. The summed E-state index contributed by atoms with van der Waals surface area (Å²) in [5.74, 6) is 2.33. The van der Waals surface area contributed by atoms with Gasteiger partial charge in [-0.15, -0.1) is 12.3 Å². The van der Waals surface area contributed by atoms with Crippen LogP contribution in [0.5, 0.6) is 0 Å². The number of nitrogens with zero attached hydrogens (tertiary/aromatic N) is 1. The molecule has 1 aromatic heterocycles. The Balaban J connectivity index is 2.69. The van der Waals surface area contributed by atoms with Crippen LogP contribution in [0.1, 0.15) is 23.8 Å². The normalized spacial score (nSPS) is 9.60. The molecule has 0 spiro atoms. The van der Waals surface area contributed by atoms with E-state index < -0.39 is 0 Å². The Hall–Kier alpha value is -1.89. The number of amides is 1. The van der Waals surface area contributed by atoms with Crippen LogP contribution in [0.15, 0.2) is 12.3 Å². The van der Waals surface area contributed by atoms with Crippen molar-refractivity contribution in [2.24, 2.45) is 0 Å². The second-order valence-corrected chi connectivity index (χ2v) is 3.15. The van der Waals surface area contributed by atoms with E-state index in [-0.39, 0.29) is 5.91 Å². The number of carbonyl (C=O) groups excluding carboxylic acids is 1. The molecule has 3 N–H and O–H groups in total. The highest BCUT2D eigenvalue weighted by atomic mass is 16.1. The van der Waals surface area contributed by atoms with Crippen LogP contribution in [0.25, 0.3) is 0 Å². The van der Waals surface area contributed by atoms with Gasteiger partial charge in [0, 0.05) is 25.7 Å². The number of nitrogens with two attached hydrogens (primary N) is 1. The van der Waals surface area contributed by atoms with Gasteiger partial charge in [-0.1, -0.05) is 0 Å². The van der Waals surface area contributed by atoms with Gasteiger partial charge in [-0.3, -0.25) is 4.79 Å². The van der Waals surface area contributed by atoms with Gasteiger partial charge in [-0.2, -0.15) is 0 Å². The summed E-state index contributed by atoms with van der Waals surface area (Å²) < 4.78 is 1.81. The molecule has 1 rings (SSSR count). The van der Waals surface area contributed by atoms with Crippen molar-refractivity contribution in [3.63, 3.8) is 0 Å². The van der Waals surface area contributed by atoms with Crippen LogP contribution in [0.4, 0.5) is 5.69 Å². The minimum Gasteiger partial charge on any atom is -0.397 e. The summed E-state index contributed by atoms with van der Waals surface area (Å²) in [6.45, 7) is 3.16. The van der Waals surface area contributed by atoms with Crippen molar-refractivity contribution in [1.29, 1.82) is 0 Å². The second-order valence-electron chi connectivity index (χ2n) is 3.15. The number of hydrogen-bond acceptors (Lipinski definition) is 2. The predicted octanol–water partition coefficient (Wildman–Crippen LogP) is 0.843. The van der Waals surface area contributed by atoms with E-state index in [1.54, 1.807) is 16.8 Å². The van der Waals surface area contributed by atoms with Gasteiger partial charge in [0.05, 0.1) is 5.69 Å². The summed E-state index contributed by atoms with van der Waals surface area (Å²) >= 11 is 0. The van der Waals surface area contributed by atoms with Crippen LogP contribution in [-0.2, 0) is 6.54 Å². The van der Waals surface area contributed by atoms with Gasteiger partial charge in [-0.25, -0.2) is 0 Å². The van der Waals surface area contributed by atoms with Crippen molar-refractivity contribution in [2.45, 2.75) is 19.9 Å². The van der Waals surface area contributed by atoms with Gasteiger partial charge in [0.25, 0.3) is 5.91 Å². The van der Waals surface area contributed by atoms with Gasteiger partial charge in [0.15, 0.2) is 0 Å². The summed E-state index contributed by atoms with van der Waals surface area (Å²) in [5.41, 5.74) is 6.79. The van der Waals surface area contributed by atoms with E-state index >= 15 is 0 Å². The molecule has 4 heteroatoms. The number of aromatic nitrogens is 1. The molecule has 1 heterocycles. The summed E-state index contributed by atoms with van der Waals surface area (Å²) in [7, 11) is 0. The first-order chi connectivity index (χ1) is 7.19. The lowest BCUT2D eigenvalue weighted by Crippen LogP contribution is -2.26. The fourth-order valence-electron chi connectivity index (χ4n) is 1.32. The molecule has 0 aliphatic heterocycles. The maximum atomic E-state index is 11.7. The first-order valence-electron chi connectivity index (χ1n) is 4.86. The van der Waals surface area contributed by atoms with Crippen molar-refractivity contribution in [1.82, 2.24) is 9.88 Å². The molecule has 0 saturated heterocycles. The largest absolute Gasteiger partial charge is 0.397 e. The molecule has 0 aliphatic carbocycles. The molecule has 0 aromatic carbocycles. The zero-order valence-electron chi connectivity index (χ0n) is 8.79. The molecule has 0 aliphatic rings. The van der Waals surface area contributed by atoms with Crippen molar-refractivity contribution < 1.29 is 4.79 Å². The molecule has 0 bridgehead atoms. The molecule has 0 atom stereocenters. The van der Waals surface area contributed by atoms with Crippen molar-refractivity contribution in [3.8, 4) is 12.3 Å². The Labute approximate surface area is 89.5 Å². The third-order valence-electron chi connectivity index (χ3n) is 2.05. The average molecular weight is 205 g/mol. The molecule has 15 heavy (non-hydrogen) atoms. The van der Waals surface area contributed by atoms with Gasteiger partial charge < -0.3 is 15.6 Å². The lowest BCUT2D eigenvalue weighted by molar-refractivity contribution is 0.0945. The van der Waals surface area contributed by atoms with E-state index in [2.05, 4.69) is 11.2 Å². The van der Waals surface area contributed by atoms with E-state index in [1.807, 2.05) is 6.92 Å². The zero-order chi connectivity index (χ0) is 11.3. The maximum Gasteiger partial charge on any atom is 0.268 e. The first-order valence-corrected chi connectivity index (χ1v) is 4.86. The fourth-order valence-corrected chi connectivity index (χ4v) is 1.32. The summed E-state index contributed by atoms with van der Waals surface area (Å²) in [5, 5.41) is 2.73. The topological polar surface area (TPSA) is 60.1 Å². The highest BCUT2D eigenvalue weighted by Gasteiger charge is 2.10. The number of hydrogen-bond donors (Lipinski definition) is 2. The van der Waals surface area contributed by atoms with Crippen molar-refractivity contribution in [3.05, 3.63) is 18.0 Å². The van der Waals surface area contributed by atoms with Crippen LogP contribution in [-0.4, -0.2) is 17.0 Å². The molecule has 4 nitrogen and oxygen atoms in total. The third kappa shape index (κ3) is 2.78. The van der Waals surface area contributed by atoms with Crippen LogP contribution in [0.2, 0.25) is 0 Å². The number of aryl methyl sites for hydroxylation is 1. The van der Waals surface area contributed by atoms with Crippen LogP contribution < -0.4 is 11.1 Å². The lowest BCUT2D eigenvalue weighted by Gasteiger charge is -2.05. The molecule has 1 amide bonds. The molecule has 0 saturated carbocycles. The number of nitrogens with one attached hydrogen (secondary N) is 1. The maximum absolute atomic E-state index is 11.7. The second kappa shape index (κ2) is 5.11. The quantitative estimate of drug-likeness (QED) is 0.565. The van der Waals surface area contributed by atoms with E-state index in [0.29, 0.717) is 24.3 Å². The summed E-state index contributed by atoms with van der Waals surface area (Å²) in [6.07, 6.45) is 7.37. The zero-order valence-corrected chi connectivity index (χ0v) is 8.79. The van der Waals surface area contributed by atoms with Gasteiger partial charge in [-0.05, 0) is 13.0 Å². The number of anilines is 1. The Morgan fingerprint density at radius 3 is 3.07 bits per heavy atom. The van der Waals surface area contributed by atoms with Gasteiger partial charge in [0.1, 0.15) is 5.69 Å². The molecule has 0 unspecified atom stereocenters. The first kappa shape index (κ1) is 11.2. The number of rotatable bonds is 4. The highest BCUT2D eigenvalue weighted by molar-refractivity contribution is 5.93. The number of carbonyl (C=O) groups is 1. The standard InChI is InChI=1S/C11H15N3O/c1-3-5-6-13-11(15)10-7-9(12)8-14(10)4-2/h1,7-8H,4-6,12H2,2H3,(H,13,15). The molecular weight excluding hydrogens is 190 g/mol. The Bertz CT molecular complexity index is 387. The van der Waals surface area contributed by atoms with Crippen LogP contribution >= 0.6 is 0 Å². The molecule has 80 valence electrons. The van der Waals surface area contributed by atoms with Gasteiger partial charge >= 0.3 is 0 Å². The summed E-state index contributed by atoms with van der Waals surface area (Å²) in [4.78, 5) is 11.7.